The summed E-state index contributed by atoms with van der Waals surface area (Å²) in [5.41, 5.74) is 3.29. The molecule has 0 saturated carbocycles. The molecule has 0 atom stereocenters. The molecule has 0 aliphatic rings. The number of nitrogens with zero attached hydrogens (tertiary/aromatic N) is 4. The summed E-state index contributed by atoms with van der Waals surface area (Å²) in [6.45, 7) is 4.32. The standard InChI is InChI=1S/C18H18F2N4O2/c1-11-9-13(17-22-18(16(19)20)26-24-17)10-12(2)15(11)25-8-4-6-14-5-3-7-21-23-14/h3,5,7,9-10,16H,4,6,8H2,1-2H3. The number of alkyl halides is 2. The van der Waals surface area contributed by atoms with Gasteiger partial charge in [-0.05, 0) is 62.1 Å². The summed E-state index contributed by atoms with van der Waals surface area (Å²) in [5, 5.41) is 11.5. The smallest absolute Gasteiger partial charge is 0.315 e. The van der Waals surface area contributed by atoms with E-state index < -0.39 is 12.3 Å². The average molecular weight is 360 g/mol. The first-order chi connectivity index (χ1) is 12.5. The van der Waals surface area contributed by atoms with E-state index in [1.54, 1.807) is 18.3 Å². The zero-order valence-corrected chi connectivity index (χ0v) is 14.4. The maximum absolute atomic E-state index is 12.6. The quantitative estimate of drug-likeness (QED) is 0.591. The second kappa shape index (κ2) is 7.99. The van der Waals surface area contributed by atoms with Crippen LogP contribution in [-0.2, 0) is 6.42 Å². The molecule has 0 fully saturated rings. The van der Waals surface area contributed by atoms with Crippen LogP contribution in [0.15, 0.2) is 35.0 Å². The predicted molar refractivity (Wildman–Crippen MR) is 90.0 cm³/mol. The molecule has 2 heterocycles. The van der Waals surface area contributed by atoms with Gasteiger partial charge in [0.15, 0.2) is 0 Å². The highest BCUT2D eigenvalue weighted by molar-refractivity contribution is 5.61. The van der Waals surface area contributed by atoms with E-state index in [1.807, 2.05) is 26.0 Å². The molecule has 3 aromatic rings. The summed E-state index contributed by atoms with van der Waals surface area (Å²) in [4.78, 5) is 3.72. The zero-order chi connectivity index (χ0) is 18.5. The molecule has 0 unspecified atom stereocenters. The minimum absolute atomic E-state index is 0.140. The van der Waals surface area contributed by atoms with Crippen molar-refractivity contribution in [1.82, 2.24) is 20.3 Å². The Labute approximate surface area is 149 Å². The maximum Gasteiger partial charge on any atom is 0.315 e. The van der Waals surface area contributed by atoms with Crippen molar-refractivity contribution in [2.75, 3.05) is 6.61 Å². The first kappa shape index (κ1) is 17.9. The van der Waals surface area contributed by atoms with Gasteiger partial charge < -0.3 is 9.26 Å². The monoisotopic (exact) mass is 360 g/mol. The van der Waals surface area contributed by atoms with Crippen molar-refractivity contribution in [2.24, 2.45) is 0 Å². The number of ether oxygens (including phenoxy) is 1. The maximum atomic E-state index is 12.6. The van der Waals surface area contributed by atoms with E-state index in [0.717, 1.165) is 35.4 Å². The van der Waals surface area contributed by atoms with Crippen molar-refractivity contribution in [3.63, 3.8) is 0 Å². The van der Waals surface area contributed by atoms with E-state index >= 15 is 0 Å². The van der Waals surface area contributed by atoms with Crippen molar-refractivity contribution >= 4 is 0 Å². The van der Waals surface area contributed by atoms with Crippen LogP contribution in [0.3, 0.4) is 0 Å². The average Bonchev–Trinajstić information content (AvgIpc) is 3.11. The Morgan fingerprint density at radius 2 is 1.96 bits per heavy atom. The van der Waals surface area contributed by atoms with Crippen LogP contribution in [0.2, 0.25) is 0 Å². The molecule has 2 aromatic heterocycles. The van der Waals surface area contributed by atoms with Crippen molar-refractivity contribution < 1.29 is 18.0 Å². The van der Waals surface area contributed by atoms with Gasteiger partial charge in [0, 0.05) is 11.8 Å². The molecule has 0 saturated heterocycles. The summed E-state index contributed by atoms with van der Waals surface area (Å²) in [6, 6.07) is 7.38. The summed E-state index contributed by atoms with van der Waals surface area (Å²) < 4.78 is 35.6. The molecular formula is C18H18F2N4O2. The number of benzene rings is 1. The van der Waals surface area contributed by atoms with Crippen LogP contribution in [0.1, 0.15) is 35.6 Å². The molecule has 0 aliphatic carbocycles. The number of hydrogen-bond donors (Lipinski definition) is 0. The summed E-state index contributed by atoms with van der Waals surface area (Å²) >= 11 is 0. The minimum Gasteiger partial charge on any atom is -0.493 e. The van der Waals surface area contributed by atoms with E-state index in [2.05, 4.69) is 24.9 Å². The number of halogens is 2. The highest BCUT2D eigenvalue weighted by Gasteiger charge is 2.18. The fraction of sp³-hybridized carbons (Fsp3) is 0.333. The van der Waals surface area contributed by atoms with Crippen molar-refractivity contribution in [3.8, 4) is 17.1 Å². The first-order valence-corrected chi connectivity index (χ1v) is 8.17. The van der Waals surface area contributed by atoms with Gasteiger partial charge in [-0.15, -0.1) is 0 Å². The fourth-order valence-electron chi connectivity index (χ4n) is 2.64. The number of aromatic nitrogens is 4. The molecule has 26 heavy (non-hydrogen) atoms. The second-order valence-corrected chi connectivity index (χ2v) is 5.86. The summed E-state index contributed by atoms with van der Waals surface area (Å²) in [5.74, 6) is 0.228. The minimum atomic E-state index is -2.78. The van der Waals surface area contributed by atoms with E-state index in [1.165, 1.54) is 0 Å². The van der Waals surface area contributed by atoms with E-state index in [4.69, 9.17) is 4.74 Å². The van der Waals surface area contributed by atoms with Crippen LogP contribution in [-0.4, -0.2) is 26.9 Å². The largest absolute Gasteiger partial charge is 0.493 e. The topological polar surface area (TPSA) is 73.9 Å². The Kier molecular flexibility index (Phi) is 5.50. The Morgan fingerprint density at radius 3 is 2.58 bits per heavy atom. The molecule has 6 nitrogen and oxygen atoms in total. The molecule has 0 amide bonds. The molecule has 8 heteroatoms. The van der Waals surface area contributed by atoms with Gasteiger partial charge >= 0.3 is 6.43 Å². The molecule has 0 radical (unpaired) electrons. The third kappa shape index (κ3) is 4.19. The molecule has 0 aliphatic heterocycles. The third-order valence-corrected chi connectivity index (χ3v) is 3.80. The van der Waals surface area contributed by atoms with Gasteiger partial charge in [-0.2, -0.15) is 24.0 Å². The Balaban J connectivity index is 1.65. The lowest BCUT2D eigenvalue weighted by molar-refractivity contribution is 0.106. The van der Waals surface area contributed by atoms with Crippen molar-refractivity contribution in [1.29, 1.82) is 0 Å². The van der Waals surface area contributed by atoms with E-state index in [9.17, 15) is 8.78 Å². The number of hydrogen-bond acceptors (Lipinski definition) is 6. The van der Waals surface area contributed by atoms with Crippen LogP contribution in [0, 0.1) is 13.8 Å². The van der Waals surface area contributed by atoms with Crippen LogP contribution in [0.5, 0.6) is 5.75 Å². The lowest BCUT2D eigenvalue weighted by Gasteiger charge is -2.13. The van der Waals surface area contributed by atoms with Crippen molar-refractivity contribution in [2.45, 2.75) is 33.1 Å². The van der Waals surface area contributed by atoms with Gasteiger partial charge in [0.25, 0.3) is 5.89 Å². The molecule has 0 bridgehead atoms. The van der Waals surface area contributed by atoms with E-state index in [-0.39, 0.29) is 5.82 Å². The molecule has 1 aromatic carbocycles. The summed E-state index contributed by atoms with van der Waals surface area (Å²) in [6.07, 6.45) is 0.448. The van der Waals surface area contributed by atoms with Crippen LogP contribution in [0.4, 0.5) is 8.78 Å². The molecule has 0 N–H and O–H groups in total. The second-order valence-electron chi connectivity index (χ2n) is 5.86. The fourth-order valence-corrected chi connectivity index (χ4v) is 2.64. The Hall–Kier alpha value is -2.90. The van der Waals surface area contributed by atoms with Gasteiger partial charge in [-0.25, -0.2) is 0 Å². The van der Waals surface area contributed by atoms with Gasteiger partial charge in [0.1, 0.15) is 5.75 Å². The molecule has 136 valence electrons. The molecule has 0 spiro atoms. The van der Waals surface area contributed by atoms with Crippen LogP contribution in [0.25, 0.3) is 11.4 Å². The Morgan fingerprint density at radius 1 is 1.19 bits per heavy atom. The lowest BCUT2D eigenvalue weighted by Crippen LogP contribution is -2.03. The van der Waals surface area contributed by atoms with E-state index in [0.29, 0.717) is 12.2 Å². The normalized spacial score (nSPS) is 11.1. The highest BCUT2D eigenvalue weighted by atomic mass is 19.3. The van der Waals surface area contributed by atoms with Gasteiger partial charge in [0.2, 0.25) is 5.82 Å². The highest BCUT2D eigenvalue weighted by Crippen LogP contribution is 2.30. The van der Waals surface area contributed by atoms with Gasteiger partial charge in [-0.3, -0.25) is 0 Å². The van der Waals surface area contributed by atoms with Gasteiger partial charge in [-0.1, -0.05) is 5.16 Å². The van der Waals surface area contributed by atoms with Crippen LogP contribution < -0.4 is 4.74 Å². The summed E-state index contributed by atoms with van der Waals surface area (Å²) in [7, 11) is 0. The Bertz CT molecular complexity index is 846. The number of aryl methyl sites for hydroxylation is 3. The number of rotatable bonds is 7. The zero-order valence-electron chi connectivity index (χ0n) is 14.4. The lowest BCUT2D eigenvalue weighted by atomic mass is 10.1. The molecular weight excluding hydrogens is 342 g/mol. The first-order valence-electron chi connectivity index (χ1n) is 8.17. The van der Waals surface area contributed by atoms with Gasteiger partial charge in [0.05, 0.1) is 12.3 Å². The predicted octanol–water partition coefficient (Wildman–Crippen LogP) is 4.09. The third-order valence-electron chi connectivity index (χ3n) is 3.80. The van der Waals surface area contributed by atoms with Crippen molar-refractivity contribution in [3.05, 3.63) is 53.2 Å². The molecule has 3 rings (SSSR count). The van der Waals surface area contributed by atoms with Crippen LogP contribution >= 0.6 is 0 Å². The SMILES string of the molecule is Cc1cc(-c2noc(C(F)F)n2)cc(C)c1OCCCc1cccnn1.